The Hall–Kier alpha value is -1.10. The molecular formula is C7H13N3O2. The SMILES string of the molecule is CCC(C)(OC)c1n[nH]c(=O)[nH]1. The topological polar surface area (TPSA) is 70.8 Å². The molecule has 5 nitrogen and oxygen atoms in total. The van der Waals surface area contributed by atoms with E-state index in [-0.39, 0.29) is 5.69 Å². The van der Waals surface area contributed by atoms with Crippen molar-refractivity contribution in [2.24, 2.45) is 0 Å². The Kier molecular flexibility index (Phi) is 2.32. The Morgan fingerprint density at radius 3 is 2.67 bits per heavy atom. The summed E-state index contributed by atoms with van der Waals surface area (Å²) in [4.78, 5) is 13.3. The van der Waals surface area contributed by atoms with Crippen molar-refractivity contribution >= 4 is 0 Å². The Morgan fingerprint density at radius 1 is 1.67 bits per heavy atom. The quantitative estimate of drug-likeness (QED) is 0.690. The average molecular weight is 171 g/mol. The molecule has 1 aromatic rings. The predicted molar refractivity (Wildman–Crippen MR) is 43.9 cm³/mol. The normalized spacial score (nSPS) is 15.9. The lowest BCUT2D eigenvalue weighted by atomic mass is 10.0. The molecule has 1 atom stereocenters. The monoisotopic (exact) mass is 171 g/mol. The van der Waals surface area contributed by atoms with Gasteiger partial charge in [-0.1, -0.05) is 6.92 Å². The lowest BCUT2D eigenvalue weighted by Crippen LogP contribution is -2.25. The molecule has 0 aliphatic rings. The maximum absolute atomic E-state index is 10.7. The molecule has 0 saturated heterocycles. The Labute approximate surface area is 70.1 Å². The van der Waals surface area contributed by atoms with E-state index >= 15 is 0 Å². The van der Waals surface area contributed by atoms with Gasteiger partial charge in [0.25, 0.3) is 0 Å². The first-order chi connectivity index (χ1) is 5.62. The molecule has 1 unspecified atom stereocenters. The van der Waals surface area contributed by atoms with Crippen molar-refractivity contribution in [3.05, 3.63) is 16.3 Å². The van der Waals surface area contributed by atoms with Gasteiger partial charge in [-0.3, -0.25) is 4.98 Å². The van der Waals surface area contributed by atoms with E-state index in [0.717, 1.165) is 6.42 Å². The van der Waals surface area contributed by atoms with Gasteiger partial charge in [0.05, 0.1) is 0 Å². The summed E-state index contributed by atoms with van der Waals surface area (Å²) in [6, 6.07) is 0. The van der Waals surface area contributed by atoms with Crippen LogP contribution in [0.4, 0.5) is 0 Å². The molecule has 2 N–H and O–H groups in total. The second-order valence-corrected chi connectivity index (χ2v) is 2.81. The number of methoxy groups -OCH3 is 1. The van der Waals surface area contributed by atoms with Gasteiger partial charge in [-0.15, -0.1) is 0 Å². The number of nitrogens with zero attached hydrogens (tertiary/aromatic N) is 1. The van der Waals surface area contributed by atoms with Crippen LogP contribution in [0.1, 0.15) is 26.1 Å². The number of H-pyrrole nitrogens is 2. The third kappa shape index (κ3) is 1.40. The van der Waals surface area contributed by atoms with Crippen LogP contribution < -0.4 is 5.69 Å². The zero-order valence-electron chi connectivity index (χ0n) is 7.47. The summed E-state index contributed by atoms with van der Waals surface area (Å²) in [5.74, 6) is 0.539. The summed E-state index contributed by atoms with van der Waals surface area (Å²) >= 11 is 0. The van der Waals surface area contributed by atoms with Gasteiger partial charge >= 0.3 is 5.69 Å². The maximum Gasteiger partial charge on any atom is 0.340 e. The average Bonchev–Trinajstić information content (AvgIpc) is 2.51. The van der Waals surface area contributed by atoms with E-state index in [1.54, 1.807) is 7.11 Å². The summed E-state index contributed by atoms with van der Waals surface area (Å²) in [5.41, 5.74) is -0.805. The smallest absolute Gasteiger partial charge is 0.340 e. The maximum atomic E-state index is 10.7. The predicted octanol–water partition coefficient (Wildman–Crippen LogP) is 0.370. The summed E-state index contributed by atoms with van der Waals surface area (Å²) in [7, 11) is 1.59. The Bertz CT molecular complexity index is 298. The fourth-order valence-electron chi connectivity index (χ4n) is 0.929. The van der Waals surface area contributed by atoms with Gasteiger partial charge in [-0.2, -0.15) is 5.10 Å². The van der Waals surface area contributed by atoms with Crippen molar-refractivity contribution in [2.75, 3.05) is 7.11 Å². The van der Waals surface area contributed by atoms with Gasteiger partial charge in [0.1, 0.15) is 5.60 Å². The van der Waals surface area contributed by atoms with Gasteiger partial charge in [0, 0.05) is 7.11 Å². The number of nitrogens with one attached hydrogen (secondary N) is 2. The molecule has 1 heterocycles. The minimum absolute atomic E-state index is 0.304. The zero-order valence-corrected chi connectivity index (χ0v) is 7.47. The molecule has 0 spiro atoms. The number of ether oxygens (including phenoxy) is 1. The van der Waals surface area contributed by atoms with Gasteiger partial charge < -0.3 is 4.74 Å². The molecule has 0 aliphatic heterocycles. The number of aromatic amines is 2. The number of aromatic nitrogens is 3. The summed E-state index contributed by atoms with van der Waals surface area (Å²) in [6.07, 6.45) is 0.754. The minimum Gasteiger partial charge on any atom is -0.371 e. The minimum atomic E-state index is -0.501. The highest BCUT2D eigenvalue weighted by Crippen LogP contribution is 2.23. The Morgan fingerprint density at radius 2 is 2.33 bits per heavy atom. The van der Waals surface area contributed by atoms with Gasteiger partial charge in [0.15, 0.2) is 5.82 Å². The van der Waals surface area contributed by atoms with Crippen LogP contribution >= 0.6 is 0 Å². The van der Waals surface area contributed by atoms with Crippen LogP contribution in [0.3, 0.4) is 0 Å². The summed E-state index contributed by atoms with van der Waals surface area (Å²) in [5, 5.41) is 6.11. The van der Waals surface area contributed by atoms with Crippen molar-refractivity contribution in [1.29, 1.82) is 0 Å². The van der Waals surface area contributed by atoms with E-state index < -0.39 is 5.60 Å². The zero-order chi connectivity index (χ0) is 9.19. The first-order valence-electron chi connectivity index (χ1n) is 3.82. The Balaban J connectivity index is 3.02. The first kappa shape index (κ1) is 8.99. The molecule has 0 radical (unpaired) electrons. The number of hydrogen-bond donors (Lipinski definition) is 2. The van der Waals surface area contributed by atoms with Gasteiger partial charge in [0.2, 0.25) is 0 Å². The van der Waals surface area contributed by atoms with Crippen molar-refractivity contribution in [1.82, 2.24) is 15.2 Å². The van der Waals surface area contributed by atoms with Gasteiger partial charge in [-0.05, 0) is 13.3 Å². The standard InChI is InChI=1S/C7H13N3O2/c1-4-7(2,12-3)5-8-6(11)10-9-5/h4H2,1-3H3,(H2,8,9,10,11). The van der Waals surface area contributed by atoms with E-state index in [1.165, 1.54) is 0 Å². The molecular weight excluding hydrogens is 158 g/mol. The number of rotatable bonds is 3. The van der Waals surface area contributed by atoms with Crippen molar-refractivity contribution in [3.8, 4) is 0 Å². The van der Waals surface area contributed by atoms with E-state index in [9.17, 15) is 4.79 Å². The van der Waals surface area contributed by atoms with Crippen LogP contribution in [0, 0.1) is 0 Å². The largest absolute Gasteiger partial charge is 0.371 e. The molecule has 0 aliphatic carbocycles. The third-order valence-electron chi connectivity index (χ3n) is 2.13. The van der Waals surface area contributed by atoms with Crippen molar-refractivity contribution in [2.45, 2.75) is 25.9 Å². The molecule has 5 heteroatoms. The van der Waals surface area contributed by atoms with Crippen LogP contribution in [0.2, 0.25) is 0 Å². The molecule has 0 amide bonds. The highest BCUT2D eigenvalue weighted by molar-refractivity contribution is 4.96. The van der Waals surface area contributed by atoms with E-state index in [4.69, 9.17) is 4.74 Å². The first-order valence-corrected chi connectivity index (χ1v) is 3.82. The van der Waals surface area contributed by atoms with Crippen molar-refractivity contribution < 1.29 is 4.74 Å². The van der Waals surface area contributed by atoms with Crippen LogP contribution in [0.5, 0.6) is 0 Å². The van der Waals surface area contributed by atoms with Crippen LogP contribution in [0.15, 0.2) is 4.79 Å². The van der Waals surface area contributed by atoms with Crippen molar-refractivity contribution in [3.63, 3.8) is 0 Å². The van der Waals surface area contributed by atoms with Crippen LogP contribution in [0.25, 0.3) is 0 Å². The molecule has 0 saturated carbocycles. The molecule has 0 bridgehead atoms. The lowest BCUT2D eigenvalue weighted by molar-refractivity contribution is -0.00873. The second-order valence-electron chi connectivity index (χ2n) is 2.81. The third-order valence-corrected chi connectivity index (χ3v) is 2.13. The summed E-state index contributed by atoms with van der Waals surface area (Å²) < 4.78 is 5.23. The molecule has 0 aromatic carbocycles. The van der Waals surface area contributed by atoms with E-state index in [0.29, 0.717) is 5.82 Å². The van der Waals surface area contributed by atoms with Gasteiger partial charge in [-0.25, -0.2) is 9.89 Å². The lowest BCUT2D eigenvalue weighted by Gasteiger charge is -2.22. The van der Waals surface area contributed by atoms with Crippen LogP contribution in [-0.4, -0.2) is 22.3 Å². The summed E-state index contributed by atoms with van der Waals surface area (Å²) in [6.45, 7) is 3.84. The van der Waals surface area contributed by atoms with Crippen LogP contribution in [-0.2, 0) is 10.3 Å². The molecule has 0 fully saturated rings. The number of hydrogen-bond acceptors (Lipinski definition) is 3. The van der Waals surface area contributed by atoms with E-state index in [2.05, 4.69) is 15.2 Å². The second kappa shape index (κ2) is 3.10. The highest BCUT2D eigenvalue weighted by atomic mass is 16.5. The molecule has 68 valence electrons. The highest BCUT2D eigenvalue weighted by Gasteiger charge is 2.27. The fourth-order valence-corrected chi connectivity index (χ4v) is 0.929. The molecule has 1 rings (SSSR count). The molecule has 12 heavy (non-hydrogen) atoms. The molecule has 1 aromatic heterocycles. The fraction of sp³-hybridized carbons (Fsp3) is 0.714. The van der Waals surface area contributed by atoms with E-state index in [1.807, 2.05) is 13.8 Å².